The van der Waals surface area contributed by atoms with E-state index in [-0.39, 0.29) is 35.7 Å². The van der Waals surface area contributed by atoms with E-state index < -0.39 is 11.1 Å². The van der Waals surface area contributed by atoms with Gasteiger partial charge < -0.3 is 15.0 Å². The number of ether oxygens (including phenoxy) is 1. The third-order valence-corrected chi connectivity index (χ3v) is 8.06. The first-order valence-corrected chi connectivity index (χ1v) is 14.4. The molecule has 2 aromatic rings. The Labute approximate surface area is 250 Å². The Kier molecular flexibility index (Phi) is 7.86. The molecule has 3 heterocycles. The molecule has 1 N–H and O–H groups in total. The van der Waals surface area contributed by atoms with E-state index in [1.54, 1.807) is 53.4 Å². The molecule has 1 aliphatic carbocycles. The van der Waals surface area contributed by atoms with Crippen molar-refractivity contribution in [2.75, 3.05) is 13.1 Å². The predicted octanol–water partition coefficient (Wildman–Crippen LogP) is 4.79. The molecule has 1 aromatic carbocycles. The number of amides is 2. The SMILES string of the molecule is C/C(Cl)=C/CC1(Cc2ccncc2)N/C(=C\C(=O)c2ccc(C#N)cc2)N(C2C3CN(C(=O)OC(C)(C)C)CC32)C1=O. The zero-order valence-corrected chi connectivity index (χ0v) is 24.9. The van der Waals surface area contributed by atoms with Crippen molar-refractivity contribution in [1.29, 1.82) is 5.26 Å². The molecule has 42 heavy (non-hydrogen) atoms. The fourth-order valence-corrected chi connectivity index (χ4v) is 5.94. The Morgan fingerprint density at radius 3 is 2.38 bits per heavy atom. The number of nitrogens with one attached hydrogen (secondary N) is 1. The number of hydrogen-bond donors (Lipinski definition) is 1. The van der Waals surface area contributed by atoms with Crippen LogP contribution in [0.25, 0.3) is 0 Å². The average molecular weight is 588 g/mol. The molecule has 0 spiro atoms. The van der Waals surface area contributed by atoms with Crippen LogP contribution in [-0.4, -0.2) is 62.8 Å². The number of fused-ring (bicyclic) bond motifs is 1. The van der Waals surface area contributed by atoms with Gasteiger partial charge in [0.1, 0.15) is 17.0 Å². The van der Waals surface area contributed by atoms with E-state index in [9.17, 15) is 14.4 Å². The van der Waals surface area contributed by atoms with Crippen LogP contribution in [0, 0.1) is 23.2 Å². The number of hydrogen-bond acceptors (Lipinski definition) is 7. The lowest BCUT2D eigenvalue weighted by Crippen LogP contribution is -2.49. The average Bonchev–Trinajstić information content (AvgIpc) is 3.28. The molecule has 2 aliphatic heterocycles. The summed E-state index contributed by atoms with van der Waals surface area (Å²) in [5.41, 5.74) is 0.107. The molecule has 1 saturated carbocycles. The van der Waals surface area contributed by atoms with E-state index in [1.807, 2.05) is 39.0 Å². The Morgan fingerprint density at radius 1 is 1.17 bits per heavy atom. The maximum Gasteiger partial charge on any atom is 0.410 e. The Morgan fingerprint density at radius 2 is 1.81 bits per heavy atom. The highest BCUT2D eigenvalue weighted by Gasteiger charge is 2.65. The van der Waals surface area contributed by atoms with Crippen molar-refractivity contribution < 1.29 is 19.1 Å². The van der Waals surface area contributed by atoms with Gasteiger partial charge in [-0.15, -0.1) is 0 Å². The van der Waals surface area contributed by atoms with Gasteiger partial charge in [0.25, 0.3) is 5.91 Å². The van der Waals surface area contributed by atoms with Crippen LogP contribution in [0.3, 0.4) is 0 Å². The standard InChI is InChI=1S/C32H34ClN5O4/c1-20(33)9-12-32(16-21-10-13-35-14-11-21)29(40)38(27(36-32)15-26(39)23-7-5-22(17-34)6-8-23)28-24-18-37(19-25(24)28)30(41)42-31(2,3)4/h5-11,13-15,24-25,28,36H,12,16,18-19H2,1-4H3/b20-9-,27-15+. The van der Waals surface area contributed by atoms with Crippen molar-refractivity contribution in [2.24, 2.45) is 11.8 Å². The molecular weight excluding hydrogens is 554 g/mol. The molecule has 1 aromatic heterocycles. The smallest absolute Gasteiger partial charge is 0.410 e. The van der Waals surface area contributed by atoms with Crippen molar-refractivity contribution >= 4 is 29.4 Å². The van der Waals surface area contributed by atoms with E-state index in [4.69, 9.17) is 21.6 Å². The number of allylic oxidation sites excluding steroid dienone is 2. The van der Waals surface area contributed by atoms with Gasteiger partial charge in [-0.2, -0.15) is 5.26 Å². The summed E-state index contributed by atoms with van der Waals surface area (Å²) < 4.78 is 5.56. The second kappa shape index (κ2) is 11.3. The second-order valence-electron chi connectivity index (χ2n) is 12.2. The van der Waals surface area contributed by atoms with Gasteiger partial charge in [0.2, 0.25) is 0 Å². The number of nitriles is 1. The van der Waals surface area contributed by atoms with Crippen molar-refractivity contribution in [3.8, 4) is 6.07 Å². The maximum atomic E-state index is 14.5. The number of pyridine rings is 1. The van der Waals surface area contributed by atoms with Crippen LogP contribution in [0.1, 0.15) is 55.6 Å². The highest BCUT2D eigenvalue weighted by atomic mass is 35.5. The number of rotatable bonds is 7. The molecule has 0 bridgehead atoms. The number of aromatic nitrogens is 1. The zero-order valence-electron chi connectivity index (χ0n) is 24.1. The summed E-state index contributed by atoms with van der Waals surface area (Å²) in [6.45, 7) is 8.22. The summed E-state index contributed by atoms with van der Waals surface area (Å²) in [5.74, 6) is 0.130. The van der Waals surface area contributed by atoms with Gasteiger partial charge in [0.15, 0.2) is 5.78 Å². The first-order chi connectivity index (χ1) is 19.9. The third-order valence-electron chi connectivity index (χ3n) is 7.91. The molecule has 3 unspecified atom stereocenters. The molecule has 3 atom stereocenters. The number of piperidine rings is 1. The minimum absolute atomic E-state index is 0.0683. The summed E-state index contributed by atoms with van der Waals surface area (Å²) in [4.78, 5) is 48.1. The molecule has 5 rings (SSSR count). The Hall–Kier alpha value is -4.16. The summed E-state index contributed by atoms with van der Waals surface area (Å²) in [5, 5.41) is 13.1. The normalized spacial score (nSPS) is 26.1. The molecule has 2 amide bonds. The summed E-state index contributed by atoms with van der Waals surface area (Å²) in [7, 11) is 0. The minimum atomic E-state index is -1.07. The fourth-order valence-electron chi connectivity index (χ4n) is 5.86. The van der Waals surface area contributed by atoms with Gasteiger partial charge in [-0.25, -0.2) is 4.79 Å². The third kappa shape index (κ3) is 6.04. The number of carbonyl (C=O) groups is 3. The van der Waals surface area contributed by atoms with E-state index >= 15 is 0 Å². The first-order valence-electron chi connectivity index (χ1n) is 14.0. The fraction of sp³-hybridized carbons (Fsp3) is 0.406. The van der Waals surface area contributed by atoms with Crippen molar-refractivity contribution in [3.63, 3.8) is 0 Å². The summed E-state index contributed by atoms with van der Waals surface area (Å²) in [6, 6.07) is 12.0. The van der Waals surface area contributed by atoms with E-state index in [0.29, 0.717) is 47.9 Å². The lowest BCUT2D eigenvalue weighted by atomic mass is 9.87. The molecular formula is C32H34ClN5O4. The zero-order chi connectivity index (χ0) is 30.2. The molecule has 218 valence electrons. The van der Waals surface area contributed by atoms with Crippen molar-refractivity contribution in [2.45, 2.75) is 57.7 Å². The maximum absolute atomic E-state index is 14.5. The highest BCUT2D eigenvalue weighted by molar-refractivity contribution is 6.29. The topological polar surface area (TPSA) is 116 Å². The van der Waals surface area contributed by atoms with Gasteiger partial charge in [0, 0.05) is 66.5 Å². The summed E-state index contributed by atoms with van der Waals surface area (Å²) in [6.07, 6.45) is 6.96. The Bertz CT molecular complexity index is 1480. The van der Waals surface area contributed by atoms with Gasteiger partial charge in [-0.1, -0.05) is 17.7 Å². The van der Waals surface area contributed by atoms with Gasteiger partial charge in [0.05, 0.1) is 11.6 Å². The van der Waals surface area contributed by atoms with Gasteiger partial charge >= 0.3 is 6.09 Å². The monoisotopic (exact) mass is 587 g/mol. The first kappa shape index (κ1) is 29.3. The van der Waals surface area contributed by atoms with Gasteiger partial charge in [-0.3, -0.25) is 19.5 Å². The van der Waals surface area contributed by atoms with E-state index in [2.05, 4.69) is 16.4 Å². The predicted molar refractivity (Wildman–Crippen MR) is 157 cm³/mol. The minimum Gasteiger partial charge on any atom is -0.444 e. The van der Waals surface area contributed by atoms with Crippen LogP contribution in [0.5, 0.6) is 0 Å². The van der Waals surface area contributed by atoms with Crippen LogP contribution in [-0.2, 0) is 16.0 Å². The molecule has 10 heteroatoms. The van der Waals surface area contributed by atoms with Crippen LogP contribution in [0.2, 0.25) is 0 Å². The largest absolute Gasteiger partial charge is 0.444 e. The molecule has 0 radical (unpaired) electrons. The second-order valence-corrected chi connectivity index (χ2v) is 12.8. The van der Waals surface area contributed by atoms with Crippen molar-refractivity contribution in [1.82, 2.24) is 20.1 Å². The molecule has 3 fully saturated rings. The number of likely N-dealkylation sites (tertiary alicyclic amines) is 1. The van der Waals surface area contributed by atoms with Crippen molar-refractivity contribution in [3.05, 3.63) is 88.5 Å². The van der Waals surface area contributed by atoms with Gasteiger partial charge in [-0.05, 0) is 76.1 Å². The lowest BCUT2D eigenvalue weighted by Gasteiger charge is -2.28. The van der Waals surface area contributed by atoms with Crippen LogP contribution >= 0.6 is 11.6 Å². The number of halogens is 1. The molecule has 3 aliphatic rings. The lowest BCUT2D eigenvalue weighted by molar-refractivity contribution is -0.132. The quantitative estimate of drug-likeness (QED) is 0.366. The Balaban J connectivity index is 1.47. The molecule has 2 saturated heterocycles. The van der Waals surface area contributed by atoms with Crippen LogP contribution in [0.4, 0.5) is 4.79 Å². The van der Waals surface area contributed by atoms with E-state index in [1.165, 1.54) is 6.08 Å². The van der Waals surface area contributed by atoms with E-state index in [0.717, 1.165) is 5.56 Å². The highest BCUT2D eigenvalue weighted by Crippen LogP contribution is 2.52. The summed E-state index contributed by atoms with van der Waals surface area (Å²) >= 11 is 6.23. The number of nitrogens with zero attached hydrogens (tertiary/aromatic N) is 4. The van der Waals surface area contributed by atoms with Crippen LogP contribution < -0.4 is 5.32 Å². The molecule has 9 nitrogen and oxygen atoms in total. The number of carbonyl (C=O) groups excluding carboxylic acids is 3. The number of benzene rings is 1. The number of ketones is 1. The van der Waals surface area contributed by atoms with Crippen LogP contribution in [0.15, 0.2) is 71.8 Å².